The molecule has 0 amide bonds. The Labute approximate surface area is 111 Å². The second-order valence-electron chi connectivity index (χ2n) is 4.70. The molecule has 3 nitrogen and oxygen atoms in total. The van der Waals surface area contributed by atoms with Crippen LogP contribution in [0.1, 0.15) is 5.69 Å². The molecule has 19 heavy (non-hydrogen) atoms. The summed E-state index contributed by atoms with van der Waals surface area (Å²) in [6, 6.07) is 5.09. The summed E-state index contributed by atoms with van der Waals surface area (Å²) in [5, 5.41) is 5.19. The summed E-state index contributed by atoms with van der Waals surface area (Å²) in [6.07, 6.45) is -4.11. The van der Waals surface area contributed by atoms with E-state index >= 15 is 0 Å². The molecule has 102 valence electrons. The van der Waals surface area contributed by atoms with Crippen LogP contribution in [0.25, 0.3) is 11.0 Å². The van der Waals surface area contributed by atoms with Crippen molar-refractivity contribution in [3.63, 3.8) is 0 Å². The molecule has 0 spiro atoms. The Balaban J connectivity index is 1.72. The normalized spacial score (nSPS) is 17.9. The van der Waals surface area contributed by atoms with E-state index in [4.69, 9.17) is 16.1 Å². The molecule has 1 fully saturated rings. The first-order chi connectivity index (χ1) is 8.93. The lowest BCUT2D eigenvalue weighted by Gasteiger charge is -2.39. The van der Waals surface area contributed by atoms with E-state index in [1.54, 1.807) is 23.1 Å². The molecule has 0 unspecified atom stereocenters. The average Bonchev–Trinajstić information content (AvgIpc) is 2.63. The molecule has 3 rings (SSSR count). The molecule has 0 saturated carbocycles. The summed E-state index contributed by atoms with van der Waals surface area (Å²) in [5.74, 6) is -1.23. The zero-order valence-electron chi connectivity index (χ0n) is 9.75. The van der Waals surface area contributed by atoms with E-state index in [0.29, 0.717) is 22.8 Å². The van der Waals surface area contributed by atoms with Crippen LogP contribution in [0.4, 0.5) is 13.2 Å². The Bertz CT molecular complexity index is 605. The SMILES string of the molecule is FC(F)(F)C1CN(Cc2noc3ccc(Cl)cc23)C1. The highest BCUT2D eigenvalue weighted by Gasteiger charge is 2.47. The topological polar surface area (TPSA) is 29.3 Å². The molecule has 1 aliphatic rings. The quantitative estimate of drug-likeness (QED) is 0.848. The lowest BCUT2D eigenvalue weighted by atomic mass is 9.99. The molecular weight excluding hydrogens is 281 g/mol. The van der Waals surface area contributed by atoms with E-state index in [1.807, 2.05) is 0 Å². The maximum absolute atomic E-state index is 12.4. The number of hydrogen-bond acceptors (Lipinski definition) is 3. The Morgan fingerprint density at radius 1 is 1.37 bits per heavy atom. The predicted molar refractivity (Wildman–Crippen MR) is 63.8 cm³/mol. The predicted octanol–water partition coefficient (Wildman–Crippen LogP) is 3.48. The second-order valence-corrected chi connectivity index (χ2v) is 5.14. The number of fused-ring (bicyclic) bond motifs is 1. The minimum atomic E-state index is -4.11. The van der Waals surface area contributed by atoms with Crippen molar-refractivity contribution in [1.82, 2.24) is 10.1 Å². The number of hydrogen-bond donors (Lipinski definition) is 0. The first-order valence-corrected chi connectivity index (χ1v) is 6.14. The van der Waals surface area contributed by atoms with E-state index in [0.717, 1.165) is 5.39 Å². The summed E-state index contributed by atoms with van der Waals surface area (Å²) < 4.78 is 42.3. The molecule has 0 N–H and O–H groups in total. The number of aromatic nitrogens is 1. The summed E-state index contributed by atoms with van der Waals surface area (Å²) in [5.41, 5.74) is 1.21. The first kappa shape index (κ1) is 12.7. The molecule has 0 radical (unpaired) electrons. The molecule has 1 aromatic carbocycles. The standard InChI is InChI=1S/C12H10ClF3N2O/c13-8-1-2-11-9(3-8)10(17-19-11)6-18-4-7(5-18)12(14,15)16/h1-3,7H,4-6H2. The van der Waals surface area contributed by atoms with Gasteiger partial charge in [0.05, 0.1) is 5.92 Å². The van der Waals surface area contributed by atoms with E-state index in [-0.39, 0.29) is 13.1 Å². The third-order valence-electron chi connectivity index (χ3n) is 3.30. The van der Waals surface area contributed by atoms with Gasteiger partial charge in [0.15, 0.2) is 5.58 Å². The maximum atomic E-state index is 12.4. The van der Waals surface area contributed by atoms with E-state index in [9.17, 15) is 13.2 Å². The van der Waals surface area contributed by atoms with Crippen molar-refractivity contribution in [3.05, 3.63) is 28.9 Å². The third kappa shape index (κ3) is 2.42. The fraction of sp³-hybridized carbons (Fsp3) is 0.417. The molecule has 0 bridgehead atoms. The number of likely N-dealkylation sites (tertiary alicyclic amines) is 1. The van der Waals surface area contributed by atoms with Crippen LogP contribution in [0.5, 0.6) is 0 Å². The molecular formula is C12H10ClF3N2O. The molecule has 7 heteroatoms. The monoisotopic (exact) mass is 290 g/mol. The molecule has 0 atom stereocenters. The minimum Gasteiger partial charge on any atom is -0.356 e. The Hall–Kier alpha value is -1.27. The highest BCUT2D eigenvalue weighted by atomic mass is 35.5. The molecule has 1 aliphatic heterocycles. The van der Waals surface area contributed by atoms with Gasteiger partial charge in [0.2, 0.25) is 0 Å². The van der Waals surface area contributed by atoms with Gasteiger partial charge in [-0.25, -0.2) is 0 Å². The Kier molecular flexibility index (Phi) is 2.94. The van der Waals surface area contributed by atoms with Crippen LogP contribution in [0, 0.1) is 5.92 Å². The Morgan fingerprint density at radius 3 is 2.79 bits per heavy atom. The summed E-state index contributed by atoms with van der Waals surface area (Å²) in [4.78, 5) is 1.69. The fourth-order valence-electron chi connectivity index (χ4n) is 2.19. The highest BCUT2D eigenvalue weighted by Crippen LogP contribution is 2.34. The van der Waals surface area contributed by atoms with Crippen molar-refractivity contribution in [2.75, 3.05) is 13.1 Å². The number of nitrogens with zero attached hydrogens (tertiary/aromatic N) is 2. The molecule has 2 heterocycles. The van der Waals surface area contributed by atoms with Crippen molar-refractivity contribution >= 4 is 22.6 Å². The number of halogens is 4. The van der Waals surface area contributed by atoms with Crippen LogP contribution >= 0.6 is 11.6 Å². The smallest absolute Gasteiger partial charge is 0.356 e. The molecule has 2 aromatic rings. The average molecular weight is 291 g/mol. The highest BCUT2D eigenvalue weighted by molar-refractivity contribution is 6.31. The lowest BCUT2D eigenvalue weighted by molar-refractivity contribution is -0.210. The van der Waals surface area contributed by atoms with Crippen molar-refractivity contribution in [3.8, 4) is 0 Å². The number of benzene rings is 1. The van der Waals surface area contributed by atoms with Crippen LogP contribution < -0.4 is 0 Å². The minimum absolute atomic E-state index is 0.0123. The van der Waals surface area contributed by atoms with Crippen molar-refractivity contribution in [2.24, 2.45) is 5.92 Å². The van der Waals surface area contributed by atoms with E-state index in [1.165, 1.54) is 0 Å². The number of rotatable bonds is 2. The summed E-state index contributed by atoms with van der Waals surface area (Å²) in [7, 11) is 0. The molecule has 1 aromatic heterocycles. The van der Waals surface area contributed by atoms with Crippen molar-refractivity contribution in [1.29, 1.82) is 0 Å². The third-order valence-corrected chi connectivity index (χ3v) is 3.54. The van der Waals surface area contributed by atoms with E-state index < -0.39 is 12.1 Å². The zero-order chi connectivity index (χ0) is 13.6. The van der Waals surface area contributed by atoms with Crippen LogP contribution in [-0.2, 0) is 6.54 Å². The van der Waals surface area contributed by atoms with E-state index in [2.05, 4.69) is 5.16 Å². The van der Waals surface area contributed by atoms with Gasteiger partial charge in [-0.05, 0) is 18.2 Å². The second kappa shape index (κ2) is 4.38. The van der Waals surface area contributed by atoms with Gasteiger partial charge in [0.25, 0.3) is 0 Å². The molecule has 0 aliphatic carbocycles. The lowest BCUT2D eigenvalue weighted by Crippen LogP contribution is -2.52. The molecule has 1 saturated heterocycles. The number of alkyl halides is 3. The van der Waals surface area contributed by atoms with Gasteiger partial charge < -0.3 is 4.52 Å². The zero-order valence-corrected chi connectivity index (χ0v) is 10.5. The van der Waals surface area contributed by atoms with Gasteiger partial charge >= 0.3 is 6.18 Å². The van der Waals surface area contributed by atoms with Gasteiger partial charge in [0.1, 0.15) is 5.69 Å². The van der Waals surface area contributed by atoms with Crippen LogP contribution in [0.15, 0.2) is 22.7 Å². The van der Waals surface area contributed by atoms with Crippen molar-refractivity contribution in [2.45, 2.75) is 12.7 Å². The van der Waals surface area contributed by atoms with Gasteiger partial charge in [-0.3, -0.25) is 4.90 Å². The van der Waals surface area contributed by atoms with Crippen molar-refractivity contribution < 1.29 is 17.7 Å². The van der Waals surface area contributed by atoms with Gasteiger partial charge in [-0.15, -0.1) is 0 Å². The summed E-state index contributed by atoms with van der Waals surface area (Å²) in [6.45, 7) is 0.372. The van der Waals surface area contributed by atoms with Crippen LogP contribution in [0.2, 0.25) is 5.02 Å². The fourth-order valence-corrected chi connectivity index (χ4v) is 2.36. The largest absolute Gasteiger partial charge is 0.394 e. The maximum Gasteiger partial charge on any atom is 0.394 e. The van der Waals surface area contributed by atoms with Gasteiger partial charge in [-0.2, -0.15) is 13.2 Å². The first-order valence-electron chi connectivity index (χ1n) is 5.76. The summed E-state index contributed by atoms with van der Waals surface area (Å²) >= 11 is 5.88. The van der Waals surface area contributed by atoms with Crippen LogP contribution in [0.3, 0.4) is 0 Å². The van der Waals surface area contributed by atoms with Gasteiger partial charge in [0, 0.05) is 30.0 Å². The van der Waals surface area contributed by atoms with Crippen LogP contribution in [-0.4, -0.2) is 29.3 Å². The Morgan fingerprint density at radius 2 is 2.11 bits per heavy atom. The van der Waals surface area contributed by atoms with Gasteiger partial charge in [-0.1, -0.05) is 16.8 Å².